The van der Waals surface area contributed by atoms with Crippen LogP contribution in [0.5, 0.6) is 11.5 Å². The van der Waals surface area contributed by atoms with E-state index in [1.807, 2.05) is 6.07 Å². The van der Waals surface area contributed by atoms with Crippen molar-refractivity contribution in [2.24, 2.45) is 0 Å². The van der Waals surface area contributed by atoms with Gasteiger partial charge in [-0.25, -0.2) is 0 Å². The second-order valence-corrected chi connectivity index (χ2v) is 6.03. The predicted octanol–water partition coefficient (Wildman–Crippen LogP) is 3.67. The molecule has 0 saturated carbocycles. The van der Waals surface area contributed by atoms with Crippen molar-refractivity contribution in [3.05, 3.63) is 57.6 Å². The van der Waals surface area contributed by atoms with Crippen LogP contribution >= 0.6 is 15.9 Å². The van der Waals surface area contributed by atoms with E-state index in [1.165, 1.54) is 11.1 Å². The maximum absolute atomic E-state index is 9.23. The third-order valence-corrected chi connectivity index (χ3v) is 4.45. The summed E-state index contributed by atoms with van der Waals surface area (Å²) in [5.74, 6) is 1.77. The van der Waals surface area contributed by atoms with Crippen LogP contribution in [-0.2, 0) is 13.0 Å². The molecule has 0 aliphatic heterocycles. The summed E-state index contributed by atoms with van der Waals surface area (Å²) in [6, 6.07) is 12.1. The Morgan fingerprint density at radius 3 is 2.81 bits per heavy atom. The summed E-state index contributed by atoms with van der Waals surface area (Å²) in [7, 11) is 1.61. The van der Waals surface area contributed by atoms with Gasteiger partial charge in [0.2, 0.25) is 0 Å². The van der Waals surface area contributed by atoms with Crippen molar-refractivity contribution >= 4 is 15.9 Å². The Labute approximate surface area is 132 Å². The Morgan fingerprint density at radius 2 is 2.10 bits per heavy atom. The van der Waals surface area contributed by atoms with E-state index in [9.17, 15) is 5.11 Å². The van der Waals surface area contributed by atoms with Crippen LogP contribution in [0.3, 0.4) is 0 Å². The first-order chi connectivity index (χ1) is 10.2. The highest BCUT2D eigenvalue weighted by atomic mass is 79.9. The first-order valence-corrected chi connectivity index (χ1v) is 7.70. The van der Waals surface area contributed by atoms with Gasteiger partial charge in [-0.3, -0.25) is 0 Å². The Morgan fingerprint density at radius 1 is 1.29 bits per heavy atom. The molecule has 1 aliphatic carbocycles. The van der Waals surface area contributed by atoms with Crippen molar-refractivity contribution in [1.82, 2.24) is 0 Å². The summed E-state index contributed by atoms with van der Waals surface area (Å²) in [6.07, 6.45) is 1.06. The van der Waals surface area contributed by atoms with Crippen LogP contribution in [0.25, 0.3) is 0 Å². The normalized spacial score (nSPS) is 16.0. The van der Waals surface area contributed by atoms with Crippen molar-refractivity contribution in [1.29, 1.82) is 0 Å². The minimum absolute atomic E-state index is 0.0226. The SMILES string of the molecule is COc1cc(CO)cc(Br)c1OCC1Cc2ccccc21. The quantitative estimate of drug-likeness (QED) is 0.895. The highest BCUT2D eigenvalue weighted by molar-refractivity contribution is 9.10. The molecule has 110 valence electrons. The van der Waals surface area contributed by atoms with Crippen molar-refractivity contribution in [3.63, 3.8) is 0 Å². The third-order valence-electron chi connectivity index (χ3n) is 3.86. The van der Waals surface area contributed by atoms with E-state index >= 15 is 0 Å². The zero-order chi connectivity index (χ0) is 14.8. The molecule has 0 spiro atoms. The smallest absolute Gasteiger partial charge is 0.175 e. The van der Waals surface area contributed by atoms with Crippen molar-refractivity contribution in [2.45, 2.75) is 18.9 Å². The molecule has 4 heteroatoms. The monoisotopic (exact) mass is 348 g/mol. The van der Waals surface area contributed by atoms with E-state index in [0.29, 0.717) is 24.0 Å². The molecule has 3 nitrogen and oxygen atoms in total. The fraction of sp³-hybridized carbons (Fsp3) is 0.294. The van der Waals surface area contributed by atoms with Gasteiger partial charge < -0.3 is 14.6 Å². The van der Waals surface area contributed by atoms with Crippen LogP contribution in [0.2, 0.25) is 0 Å². The molecule has 0 radical (unpaired) electrons. The van der Waals surface area contributed by atoms with E-state index in [0.717, 1.165) is 16.5 Å². The number of aliphatic hydroxyl groups excluding tert-OH is 1. The Hall–Kier alpha value is -1.52. The second-order valence-electron chi connectivity index (χ2n) is 5.18. The standard InChI is InChI=1S/C17H17BrO3/c1-20-16-7-11(9-19)6-15(18)17(16)21-10-13-8-12-4-2-3-5-14(12)13/h2-7,13,19H,8-10H2,1H3. The van der Waals surface area contributed by atoms with Crippen LogP contribution < -0.4 is 9.47 Å². The number of fused-ring (bicyclic) bond motifs is 1. The fourth-order valence-corrected chi connectivity index (χ4v) is 3.30. The summed E-state index contributed by atoms with van der Waals surface area (Å²) >= 11 is 3.49. The molecule has 3 rings (SSSR count). The summed E-state index contributed by atoms with van der Waals surface area (Å²) < 4.78 is 12.1. The average molecular weight is 349 g/mol. The molecular formula is C17H17BrO3. The minimum Gasteiger partial charge on any atom is -0.493 e. The van der Waals surface area contributed by atoms with Gasteiger partial charge in [0.05, 0.1) is 24.8 Å². The molecule has 0 saturated heterocycles. The number of halogens is 1. The third kappa shape index (κ3) is 2.78. The molecule has 0 aromatic heterocycles. The summed E-state index contributed by atoms with van der Waals surface area (Å²) in [5.41, 5.74) is 3.58. The number of methoxy groups -OCH3 is 1. The molecule has 1 N–H and O–H groups in total. The van der Waals surface area contributed by atoms with Crippen LogP contribution in [0.15, 0.2) is 40.9 Å². The van der Waals surface area contributed by atoms with Gasteiger partial charge in [0.25, 0.3) is 0 Å². The molecule has 0 fully saturated rings. The zero-order valence-corrected chi connectivity index (χ0v) is 13.4. The van der Waals surface area contributed by atoms with Crippen LogP contribution in [0, 0.1) is 0 Å². The Balaban J connectivity index is 1.74. The number of rotatable bonds is 5. The average Bonchev–Trinajstić information content (AvgIpc) is 2.48. The number of aliphatic hydroxyl groups is 1. The summed E-state index contributed by atoms with van der Waals surface area (Å²) in [5, 5.41) is 9.23. The highest BCUT2D eigenvalue weighted by Gasteiger charge is 2.26. The van der Waals surface area contributed by atoms with E-state index in [2.05, 4.69) is 40.2 Å². The maximum atomic E-state index is 9.23. The molecule has 0 amide bonds. The summed E-state index contributed by atoms with van der Waals surface area (Å²) in [6.45, 7) is 0.607. The van der Waals surface area contributed by atoms with Gasteiger partial charge in [-0.15, -0.1) is 0 Å². The van der Waals surface area contributed by atoms with Gasteiger partial charge in [0.15, 0.2) is 11.5 Å². The lowest BCUT2D eigenvalue weighted by Crippen LogP contribution is -2.23. The lowest BCUT2D eigenvalue weighted by molar-refractivity contribution is 0.257. The van der Waals surface area contributed by atoms with Crippen molar-refractivity contribution in [2.75, 3.05) is 13.7 Å². The van der Waals surface area contributed by atoms with Gasteiger partial charge in [0.1, 0.15) is 0 Å². The molecule has 1 aliphatic rings. The highest BCUT2D eigenvalue weighted by Crippen LogP contribution is 2.40. The van der Waals surface area contributed by atoms with Gasteiger partial charge in [0, 0.05) is 5.92 Å². The van der Waals surface area contributed by atoms with E-state index < -0.39 is 0 Å². The zero-order valence-electron chi connectivity index (χ0n) is 11.8. The molecule has 2 aromatic carbocycles. The molecular weight excluding hydrogens is 332 g/mol. The number of hydrogen-bond donors (Lipinski definition) is 1. The number of ether oxygens (including phenoxy) is 2. The Bertz CT molecular complexity index is 654. The molecule has 0 heterocycles. The van der Waals surface area contributed by atoms with Crippen LogP contribution in [-0.4, -0.2) is 18.8 Å². The van der Waals surface area contributed by atoms with E-state index in [-0.39, 0.29) is 6.61 Å². The van der Waals surface area contributed by atoms with Gasteiger partial charge in [-0.05, 0) is 51.2 Å². The minimum atomic E-state index is -0.0226. The first kappa shape index (κ1) is 14.4. The maximum Gasteiger partial charge on any atom is 0.175 e. The second kappa shape index (κ2) is 6.08. The van der Waals surface area contributed by atoms with Gasteiger partial charge >= 0.3 is 0 Å². The molecule has 21 heavy (non-hydrogen) atoms. The molecule has 0 bridgehead atoms. The van der Waals surface area contributed by atoms with Crippen molar-refractivity contribution < 1.29 is 14.6 Å². The van der Waals surface area contributed by atoms with Gasteiger partial charge in [-0.2, -0.15) is 0 Å². The fourth-order valence-electron chi connectivity index (χ4n) is 2.70. The summed E-state index contributed by atoms with van der Waals surface area (Å²) in [4.78, 5) is 0. The molecule has 2 aromatic rings. The predicted molar refractivity (Wildman–Crippen MR) is 85.0 cm³/mol. The topological polar surface area (TPSA) is 38.7 Å². The van der Waals surface area contributed by atoms with Crippen LogP contribution in [0.1, 0.15) is 22.6 Å². The lowest BCUT2D eigenvalue weighted by atomic mass is 9.78. The molecule has 1 atom stereocenters. The number of hydrogen-bond acceptors (Lipinski definition) is 3. The first-order valence-electron chi connectivity index (χ1n) is 6.90. The largest absolute Gasteiger partial charge is 0.493 e. The van der Waals surface area contributed by atoms with E-state index in [1.54, 1.807) is 13.2 Å². The Kier molecular flexibility index (Phi) is 4.17. The van der Waals surface area contributed by atoms with E-state index in [4.69, 9.17) is 9.47 Å². The number of benzene rings is 2. The van der Waals surface area contributed by atoms with Crippen molar-refractivity contribution in [3.8, 4) is 11.5 Å². The van der Waals surface area contributed by atoms with Gasteiger partial charge in [-0.1, -0.05) is 24.3 Å². The lowest BCUT2D eigenvalue weighted by Gasteiger charge is -2.30. The van der Waals surface area contributed by atoms with Crippen LogP contribution in [0.4, 0.5) is 0 Å². The molecule has 1 unspecified atom stereocenters.